The summed E-state index contributed by atoms with van der Waals surface area (Å²) in [6.45, 7) is 3.61. The van der Waals surface area contributed by atoms with E-state index in [9.17, 15) is 10.0 Å². The van der Waals surface area contributed by atoms with Gasteiger partial charge in [-0.1, -0.05) is 46.9 Å². The highest BCUT2D eigenvalue weighted by atomic mass is 35.5. The zero-order chi connectivity index (χ0) is 30.9. The van der Waals surface area contributed by atoms with Crippen molar-refractivity contribution in [2.45, 2.75) is 51.6 Å². The molecule has 2 aromatic carbocycles. The van der Waals surface area contributed by atoms with E-state index in [2.05, 4.69) is 0 Å². The van der Waals surface area contributed by atoms with Crippen LogP contribution < -0.4 is 19.9 Å². The van der Waals surface area contributed by atoms with E-state index in [1.54, 1.807) is 25.3 Å². The maximum atomic E-state index is 13.7. The third-order valence-corrected chi connectivity index (χ3v) is 8.24. The summed E-state index contributed by atoms with van der Waals surface area (Å²) in [6, 6.07) is 13.2. The molecule has 3 aromatic rings. The Bertz CT molecular complexity index is 1360. The van der Waals surface area contributed by atoms with Crippen molar-refractivity contribution in [3.05, 3.63) is 91.3 Å². The molecule has 0 saturated heterocycles. The number of pyridine rings is 1. The van der Waals surface area contributed by atoms with Gasteiger partial charge in [0.25, 0.3) is 0 Å². The van der Waals surface area contributed by atoms with E-state index in [1.807, 2.05) is 36.1 Å². The molecular formula is C32H38Cl3N3O5. The van der Waals surface area contributed by atoms with E-state index in [0.29, 0.717) is 64.9 Å². The van der Waals surface area contributed by atoms with E-state index in [4.69, 9.17) is 54.7 Å². The highest BCUT2D eigenvalue weighted by Crippen LogP contribution is 2.34. The highest BCUT2D eigenvalue weighted by Gasteiger charge is 2.36. The summed E-state index contributed by atoms with van der Waals surface area (Å²) < 4.78 is 17.4. The first-order valence-electron chi connectivity index (χ1n) is 14.4. The van der Waals surface area contributed by atoms with Crippen LogP contribution >= 0.6 is 34.8 Å². The molecule has 0 spiro atoms. The average Bonchev–Trinajstić information content (AvgIpc) is 3.81. The Morgan fingerprint density at radius 1 is 1.05 bits per heavy atom. The van der Waals surface area contributed by atoms with Crippen LogP contribution in [0.5, 0.6) is 11.5 Å². The minimum Gasteiger partial charge on any atom is -0.618 e. The van der Waals surface area contributed by atoms with Crippen molar-refractivity contribution in [2.75, 3.05) is 33.5 Å². The minimum absolute atomic E-state index is 0.00763. The smallest absolute Gasteiger partial charge is 0.227 e. The van der Waals surface area contributed by atoms with Crippen LogP contribution in [0.1, 0.15) is 41.6 Å². The van der Waals surface area contributed by atoms with Crippen LogP contribution in [-0.2, 0) is 28.9 Å². The molecule has 0 bridgehead atoms. The molecule has 1 unspecified atom stereocenters. The van der Waals surface area contributed by atoms with Gasteiger partial charge in [0.1, 0.15) is 24.0 Å². The maximum Gasteiger partial charge on any atom is 0.227 e. The Hall–Kier alpha value is -2.75. The third kappa shape index (κ3) is 9.37. The second-order valence-electron chi connectivity index (χ2n) is 10.8. The summed E-state index contributed by atoms with van der Waals surface area (Å²) >= 11 is 18.9. The fourth-order valence-electron chi connectivity index (χ4n) is 4.90. The number of ether oxygens (including phenoxy) is 3. The molecule has 0 aliphatic heterocycles. The van der Waals surface area contributed by atoms with Crippen LogP contribution in [0, 0.1) is 18.0 Å². The van der Waals surface area contributed by atoms with Crippen LogP contribution in [0.15, 0.2) is 48.7 Å². The number of aromatic nitrogens is 1. The number of carbonyl (C=O) groups is 1. The van der Waals surface area contributed by atoms with E-state index in [0.717, 1.165) is 40.7 Å². The first-order chi connectivity index (χ1) is 20.7. The van der Waals surface area contributed by atoms with Gasteiger partial charge < -0.3 is 30.1 Å². The summed E-state index contributed by atoms with van der Waals surface area (Å²) in [5.41, 5.74) is 9.41. The number of rotatable bonds is 16. The number of hydrogen-bond donors (Lipinski definition) is 1. The van der Waals surface area contributed by atoms with E-state index < -0.39 is 5.92 Å². The molecule has 1 heterocycles. The van der Waals surface area contributed by atoms with Crippen molar-refractivity contribution < 1.29 is 23.7 Å². The molecule has 1 aromatic heterocycles. The lowest BCUT2D eigenvalue weighted by atomic mass is 9.97. The molecule has 1 aliphatic rings. The highest BCUT2D eigenvalue weighted by molar-refractivity contribution is 6.37. The monoisotopic (exact) mass is 649 g/mol. The van der Waals surface area contributed by atoms with Crippen LogP contribution in [-0.4, -0.2) is 50.3 Å². The fourth-order valence-corrected chi connectivity index (χ4v) is 5.81. The summed E-state index contributed by atoms with van der Waals surface area (Å²) in [6.07, 6.45) is 5.03. The number of methoxy groups -OCH3 is 1. The van der Waals surface area contributed by atoms with E-state index in [-0.39, 0.29) is 25.1 Å². The molecule has 1 amide bonds. The minimum atomic E-state index is -0.391. The zero-order valence-electron chi connectivity index (χ0n) is 24.5. The molecular weight excluding hydrogens is 613 g/mol. The van der Waals surface area contributed by atoms with E-state index in [1.165, 1.54) is 6.20 Å². The largest absolute Gasteiger partial charge is 0.618 e. The molecule has 1 aliphatic carbocycles. The molecule has 43 heavy (non-hydrogen) atoms. The van der Waals surface area contributed by atoms with Crippen molar-refractivity contribution in [3.8, 4) is 11.5 Å². The van der Waals surface area contributed by atoms with Gasteiger partial charge in [0.15, 0.2) is 17.6 Å². The predicted molar refractivity (Wildman–Crippen MR) is 169 cm³/mol. The molecule has 1 atom stereocenters. The topological polar surface area (TPSA) is 101 Å². The Morgan fingerprint density at radius 2 is 1.72 bits per heavy atom. The molecule has 1 saturated carbocycles. The molecule has 0 radical (unpaired) electrons. The van der Waals surface area contributed by atoms with Gasteiger partial charge in [-0.3, -0.25) is 4.79 Å². The standard InChI is InChI=1S/C32H38Cl3N3O5/c1-21-14-28(33)31(29(34)15-21)43-13-12-42-27-9-5-22(6-10-27)16-23(18-36)32(39)37(25-7-8-25)19-24-17-26(4-3-11-41-2)38(40)20-30(24)35/h5-6,9-10,14-15,17,20,23,25H,3-4,7-8,11-13,16,18-19,36H2,1-2H3. The number of halogens is 3. The Labute approximate surface area is 268 Å². The lowest BCUT2D eigenvalue weighted by Crippen LogP contribution is -2.41. The van der Waals surface area contributed by atoms with Gasteiger partial charge >= 0.3 is 0 Å². The third-order valence-electron chi connectivity index (χ3n) is 7.33. The molecule has 2 N–H and O–H groups in total. The lowest BCUT2D eigenvalue weighted by molar-refractivity contribution is -0.614. The van der Waals surface area contributed by atoms with Crippen molar-refractivity contribution in [1.29, 1.82) is 0 Å². The molecule has 11 heteroatoms. The number of benzene rings is 2. The molecule has 8 nitrogen and oxygen atoms in total. The average molecular weight is 651 g/mol. The van der Waals surface area contributed by atoms with Gasteiger partial charge in [-0.2, -0.15) is 4.73 Å². The summed E-state index contributed by atoms with van der Waals surface area (Å²) in [4.78, 5) is 15.6. The second kappa shape index (κ2) is 15.8. The number of nitrogens with two attached hydrogens (primary N) is 1. The molecule has 232 valence electrons. The van der Waals surface area contributed by atoms with Crippen molar-refractivity contribution >= 4 is 40.7 Å². The zero-order valence-corrected chi connectivity index (χ0v) is 26.8. The van der Waals surface area contributed by atoms with Crippen LogP contribution in [0.4, 0.5) is 0 Å². The van der Waals surface area contributed by atoms with Gasteiger partial charge in [0.2, 0.25) is 5.91 Å². The number of aryl methyl sites for hydroxylation is 2. The lowest BCUT2D eigenvalue weighted by Gasteiger charge is -2.27. The van der Waals surface area contributed by atoms with Crippen LogP contribution in [0.2, 0.25) is 15.1 Å². The summed E-state index contributed by atoms with van der Waals surface area (Å²) in [7, 11) is 1.63. The SMILES string of the molecule is COCCCc1cc(CN(C(=O)C(CN)Cc2ccc(OCCOc3c(Cl)cc(C)cc3Cl)cc2)C2CC2)c(Cl)c[n+]1[O-]. The summed E-state index contributed by atoms with van der Waals surface area (Å²) in [5.74, 6) is 0.723. The second-order valence-corrected chi connectivity index (χ2v) is 12.0. The number of nitrogens with zero attached hydrogens (tertiary/aromatic N) is 2. The van der Waals surface area contributed by atoms with Gasteiger partial charge in [0.05, 0.1) is 16.0 Å². The molecule has 1 fully saturated rings. The predicted octanol–water partition coefficient (Wildman–Crippen LogP) is 5.93. The van der Waals surface area contributed by atoms with Crippen molar-refractivity contribution in [3.63, 3.8) is 0 Å². The maximum absolute atomic E-state index is 13.7. The van der Waals surface area contributed by atoms with Gasteiger partial charge in [-0.05, 0) is 68.0 Å². The van der Waals surface area contributed by atoms with E-state index >= 15 is 0 Å². The number of carbonyl (C=O) groups excluding carboxylic acids is 1. The van der Waals surface area contributed by atoms with Crippen LogP contribution in [0.3, 0.4) is 0 Å². The quantitative estimate of drug-likeness (QED) is 0.117. The first kappa shape index (κ1) is 33.1. The Balaban J connectivity index is 1.33. The Morgan fingerprint density at radius 3 is 2.35 bits per heavy atom. The fraction of sp³-hybridized carbons (Fsp3) is 0.438. The van der Waals surface area contributed by atoms with Crippen LogP contribution in [0.25, 0.3) is 0 Å². The Kier molecular flexibility index (Phi) is 12.2. The molecule has 4 rings (SSSR count). The van der Waals surface area contributed by atoms with Gasteiger partial charge in [-0.15, -0.1) is 0 Å². The summed E-state index contributed by atoms with van der Waals surface area (Å²) in [5, 5.41) is 13.6. The van der Waals surface area contributed by atoms with Crippen molar-refractivity contribution in [1.82, 2.24) is 4.90 Å². The number of hydrogen-bond acceptors (Lipinski definition) is 6. The van der Waals surface area contributed by atoms with Crippen molar-refractivity contribution in [2.24, 2.45) is 11.7 Å². The van der Waals surface area contributed by atoms with Gasteiger partial charge in [-0.25, -0.2) is 0 Å². The first-order valence-corrected chi connectivity index (χ1v) is 15.5. The normalized spacial score (nSPS) is 13.5. The van der Waals surface area contributed by atoms with Gasteiger partial charge in [0, 0.05) is 50.9 Å². The number of amides is 1.